The van der Waals surface area contributed by atoms with Gasteiger partial charge in [0.05, 0.1) is 18.7 Å². The third kappa shape index (κ3) is 13.7. The van der Waals surface area contributed by atoms with Crippen molar-refractivity contribution in [2.45, 2.75) is 52.7 Å². The molecule has 2 aromatic heterocycles. The number of nitrogens with one attached hydrogen (secondary N) is 2. The van der Waals surface area contributed by atoms with Crippen LogP contribution in [0.4, 0.5) is 9.59 Å². The number of terminal acetylenes is 1. The van der Waals surface area contributed by atoms with Gasteiger partial charge >= 0.3 is 12.2 Å². The van der Waals surface area contributed by atoms with Gasteiger partial charge in [0.15, 0.2) is 0 Å². The number of benzene rings is 2. The maximum absolute atomic E-state index is 11.5. The largest absolute Gasteiger partial charge is 0.444 e. The van der Waals surface area contributed by atoms with E-state index in [2.05, 4.69) is 60.4 Å². The lowest BCUT2D eigenvalue weighted by atomic mass is 10.1. The van der Waals surface area contributed by atoms with Crippen molar-refractivity contribution in [1.82, 2.24) is 20.6 Å². The molecule has 0 atom stereocenters. The van der Waals surface area contributed by atoms with Crippen LogP contribution < -0.4 is 10.6 Å². The Kier molecular flexibility index (Phi) is 13.5. The van der Waals surface area contributed by atoms with Crippen molar-refractivity contribution >= 4 is 49.7 Å². The monoisotopic (exact) mass is 644 g/mol. The predicted molar refractivity (Wildman–Crippen MR) is 175 cm³/mol. The van der Waals surface area contributed by atoms with Gasteiger partial charge in [-0.25, -0.2) is 9.59 Å². The Labute approximate surface area is 262 Å². The smallest absolute Gasteiger partial charge is 0.408 e. The number of ether oxygens (including phenoxy) is 2. The fourth-order valence-corrected chi connectivity index (χ4v) is 3.78. The molecule has 2 N–H and O–H groups in total. The van der Waals surface area contributed by atoms with Gasteiger partial charge in [0.1, 0.15) is 11.2 Å². The molecule has 0 unspecified atom stereocenters. The highest BCUT2D eigenvalue weighted by molar-refractivity contribution is 9.10. The number of alkyl carbamates (subject to hydrolysis) is 2. The van der Waals surface area contributed by atoms with Crippen LogP contribution in [0, 0.1) is 24.2 Å². The zero-order valence-corrected chi connectivity index (χ0v) is 26.9. The second-order valence-electron chi connectivity index (χ2n) is 11.0. The van der Waals surface area contributed by atoms with Crippen LogP contribution in [-0.2, 0) is 9.47 Å². The summed E-state index contributed by atoms with van der Waals surface area (Å²) in [7, 11) is 0. The summed E-state index contributed by atoms with van der Waals surface area (Å²) in [4.78, 5) is 30.5. The molecule has 8 nitrogen and oxygen atoms in total. The van der Waals surface area contributed by atoms with E-state index in [0.717, 1.165) is 20.8 Å². The van der Waals surface area contributed by atoms with E-state index < -0.39 is 23.4 Å². The van der Waals surface area contributed by atoms with Crippen molar-refractivity contribution in [3.05, 3.63) is 83.4 Å². The average Bonchev–Trinajstić information content (AvgIpc) is 2.93. The molecule has 0 aliphatic heterocycles. The highest BCUT2D eigenvalue weighted by Crippen LogP contribution is 2.21. The lowest BCUT2D eigenvalue weighted by Crippen LogP contribution is -2.32. The second kappa shape index (κ2) is 16.7. The Hall–Kier alpha value is -4.60. The molecule has 4 aromatic rings. The molecule has 0 saturated carbocycles. The normalized spacial score (nSPS) is 10.4. The molecule has 224 valence electrons. The van der Waals surface area contributed by atoms with Gasteiger partial charge in [-0.15, -0.1) is 6.42 Å². The van der Waals surface area contributed by atoms with E-state index in [0.29, 0.717) is 0 Å². The minimum Gasteiger partial charge on any atom is -0.444 e. The average molecular weight is 646 g/mol. The van der Waals surface area contributed by atoms with E-state index in [1.807, 2.05) is 75.6 Å². The Morgan fingerprint density at radius 1 is 0.767 bits per heavy atom. The lowest BCUT2D eigenvalue weighted by Gasteiger charge is -2.19. The molecular weight excluding hydrogens is 608 g/mol. The number of carbonyl (C=O) groups is 2. The van der Waals surface area contributed by atoms with E-state index in [9.17, 15) is 9.59 Å². The maximum Gasteiger partial charge on any atom is 0.408 e. The van der Waals surface area contributed by atoms with E-state index in [1.54, 1.807) is 33.2 Å². The van der Waals surface area contributed by atoms with Gasteiger partial charge in [0.25, 0.3) is 0 Å². The zero-order chi connectivity index (χ0) is 31.9. The lowest BCUT2D eigenvalue weighted by molar-refractivity contribution is 0.0523. The van der Waals surface area contributed by atoms with Gasteiger partial charge in [0, 0.05) is 45.4 Å². The summed E-state index contributed by atoms with van der Waals surface area (Å²) < 4.78 is 11.1. The fraction of sp³-hybridized carbons (Fsp3) is 0.294. The van der Waals surface area contributed by atoms with Gasteiger partial charge in [-0.2, -0.15) is 0 Å². The van der Waals surface area contributed by atoms with Gasteiger partial charge < -0.3 is 20.1 Å². The van der Waals surface area contributed by atoms with Gasteiger partial charge in [-0.05, 0) is 62.9 Å². The van der Waals surface area contributed by atoms with Crippen LogP contribution in [0.2, 0.25) is 0 Å². The quantitative estimate of drug-likeness (QED) is 0.223. The topological polar surface area (TPSA) is 102 Å². The molecule has 0 aliphatic carbocycles. The first-order valence-corrected chi connectivity index (χ1v) is 14.3. The Morgan fingerprint density at radius 2 is 1.26 bits per heavy atom. The van der Waals surface area contributed by atoms with Gasteiger partial charge in [-0.1, -0.05) is 66.3 Å². The van der Waals surface area contributed by atoms with Crippen LogP contribution in [0.5, 0.6) is 0 Å². The Bertz CT molecular complexity index is 1610. The van der Waals surface area contributed by atoms with Crippen molar-refractivity contribution in [3.8, 4) is 24.2 Å². The SMILES string of the molecule is Brc1cncc2ccccc12.C#CCNC(=O)OC(C)(C)C.CC(C)(C)OC(=O)NCC#Cc1cncc2ccccc12. The summed E-state index contributed by atoms with van der Waals surface area (Å²) in [5.41, 5.74) is -0.116. The molecule has 43 heavy (non-hydrogen) atoms. The van der Waals surface area contributed by atoms with E-state index in [4.69, 9.17) is 15.9 Å². The number of hydrogen-bond donors (Lipinski definition) is 2. The molecular formula is C34H37BrN4O4. The number of pyridine rings is 2. The Balaban J connectivity index is 0.000000247. The number of fused-ring (bicyclic) bond motifs is 2. The van der Waals surface area contributed by atoms with Crippen molar-refractivity contribution < 1.29 is 19.1 Å². The molecule has 0 bridgehead atoms. The van der Waals surface area contributed by atoms with Crippen LogP contribution in [0.15, 0.2) is 77.8 Å². The van der Waals surface area contributed by atoms with Crippen LogP contribution in [0.3, 0.4) is 0 Å². The summed E-state index contributed by atoms with van der Waals surface area (Å²) in [5, 5.41) is 9.47. The van der Waals surface area contributed by atoms with E-state index in [-0.39, 0.29) is 13.1 Å². The minimum absolute atomic E-state index is 0.203. The molecule has 9 heteroatoms. The number of aromatic nitrogens is 2. The number of amides is 2. The summed E-state index contributed by atoms with van der Waals surface area (Å²) in [6.07, 6.45) is 11.2. The fourth-order valence-electron chi connectivity index (χ4n) is 3.30. The summed E-state index contributed by atoms with van der Waals surface area (Å²) in [6.45, 7) is 11.3. The summed E-state index contributed by atoms with van der Waals surface area (Å²) in [5.74, 6) is 8.20. The number of hydrogen-bond acceptors (Lipinski definition) is 6. The molecule has 2 heterocycles. The van der Waals surface area contributed by atoms with Gasteiger partial charge in [-0.3, -0.25) is 9.97 Å². The molecule has 4 rings (SSSR count). The second-order valence-corrected chi connectivity index (χ2v) is 11.8. The van der Waals surface area contributed by atoms with Gasteiger partial charge in [0.2, 0.25) is 0 Å². The number of nitrogens with zero attached hydrogens (tertiary/aromatic N) is 2. The third-order valence-corrected chi connectivity index (χ3v) is 5.60. The highest BCUT2D eigenvalue weighted by atomic mass is 79.9. The van der Waals surface area contributed by atoms with E-state index in [1.165, 1.54) is 10.8 Å². The molecule has 2 aromatic carbocycles. The maximum atomic E-state index is 11.5. The zero-order valence-electron chi connectivity index (χ0n) is 25.3. The molecule has 0 spiro atoms. The third-order valence-electron chi connectivity index (χ3n) is 4.96. The standard InChI is InChI=1S/C17H18N2O2.C9H6BrN.C8H13NO2/c1-17(2,3)21-16(20)19-10-6-8-14-12-18-11-13-7-4-5-9-15(13)14;10-9-6-11-5-7-3-1-2-4-8(7)9;1-5-6-9-7(10)11-8(2,3)4/h4-5,7,9,11-12H,10H2,1-3H3,(H,19,20);1-6H;1H,6H2,2-4H3,(H,9,10). The van der Waals surface area contributed by atoms with Crippen molar-refractivity contribution in [1.29, 1.82) is 0 Å². The Morgan fingerprint density at radius 3 is 1.79 bits per heavy atom. The molecule has 2 amide bonds. The number of rotatable bonds is 2. The molecule has 0 saturated heterocycles. The first-order chi connectivity index (χ1) is 20.3. The first kappa shape index (κ1) is 34.6. The highest BCUT2D eigenvalue weighted by Gasteiger charge is 2.15. The van der Waals surface area contributed by atoms with Crippen molar-refractivity contribution in [2.24, 2.45) is 0 Å². The summed E-state index contributed by atoms with van der Waals surface area (Å²) >= 11 is 3.43. The number of halogens is 1. The van der Waals surface area contributed by atoms with Crippen molar-refractivity contribution in [3.63, 3.8) is 0 Å². The summed E-state index contributed by atoms with van der Waals surface area (Å²) in [6, 6.07) is 16.1. The molecule has 0 aliphatic rings. The van der Waals surface area contributed by atoms with Crippen LogP contribution in [-0.4, -0.2) is 46.4 Å². The molecule has 0 radical (unpaired) electrons. The van der Waals surface area contributed by atoms with E-state index >= 15 is 0 Å². The van der Waals surface area contributed by atoms with Crippen LogP contribution >= 0.6 is 15.9 Å². The first-order valence-electron chi connectivity index (χ1n) is 13.5. The van der Waals surface area contributed by atoms with Crippen molar-refractivity contribution in [2.75, 3.05) is 13.1 Å². The predicted octanol–water partition coefficient (Wildman–Crippen LogP) is 7.25. The minimum atomic E-state index is -0.503. The molecule has 0 fully saturated rings. The van der Waals surface area contributed by atoms with Crippen LogP contribution in [0.1, 0.15) is 47.1 Å². The number of carbonyl (C=O) groups excluding carboxylic acids is 2. The van der Waals surface area contributed by atoms with Crippen LogP contribution in [0.25, 0.3) is 21.5 Å².